The van der Waals surface area contributed by atoms with Gasteiger partial charge in [-0.1, -0.05) is 23.7 Å². The third-order valence-corrected chi connectivity index (χ3v) is 5.05. The number of halogens is 1. The predicted molar refractivity (Wildman–Crippen MR) is 98.9 cm³/mol. The van der Waals surface area contributed by atoms with Crippen molar-refractivity contribution in [3.63, 3.8) is 0 Å². The third-order valence-electron chi connectivity index (χ3n) is 4.79. The lowest BCUT2D eigenvalue weighted by molar-refractivity contribution is -0.145. The van der Waals surface area contributed by atoms with Gasteiger partial charge >= 0.3 is 5.97 Å². The molecule has 1 atom stereocenters. The quantitative estimate of drug-likeness (QED) is 0.805. The van der Waals surface area contributed by atoms with Gasteiger partial charge in [-0.25, -0.2) is 0 Å². The molecule has 0 radical (unpaired) electrons. The van der Waals surface area contributed by atoms with Crippen LogP contribution < -0.4 is 0 Å². The highest BCUT2D eigenvalue weighted by Crippen LogP contribution is 2.18. The molecule has 1 fully saturated rings. The van der Waals surface area contributed by atoms with Crippen LogP contribution in [-0.2, 0) is 16.0 Å². The van der Waals surface area contributed by atoms with Crippen LogP contribution in [0, 0.1) is 0 Å². The molecule has 1 amide bonds. The first kappa shape index (κ1) is 19.7. The number of amides is 1. The van der Waals surface area contributed by atoms with Crippen molar-refractivity contribution >= 4 is 23.5 Å². The van der Waals surface area contributed by atoms with E-state index in [0.29, 0.717) is 0 Å². The number of aryl methyl sites for hydroxylation is 1. The minimum Gasteiger partial charge on any atom is -0.480 e. The number of carboxylic acids is 1. The van der Waals surface area contributed by atoms with Crippen molar-refractivity contribution in [1.82, 2.24) is 9.80 Å². The van der Waals surface area contributed by atoms with Crippen molar-refractivity contribution in [2.45, 2.75) is 45.1 Å². The Kier molecular flexibility index (Phi) is 7.72. The number of carbonyl (C=O) groups is 2. The van der Waals surface area contributed by atoms with E-state index in [4.69, 9.17) is 16.7 Å². The predicted octanol–water partition coefficient (Wildman–Crippen LogP) is 3.06. The number of aliphatic carboxylic acids is 1. The summed E-state index contributed by atoms with van der Waals surface area (Å²) in [7, 11) is 0. The Morgan fingerprint density at radius 2 is 1.96 bits per heavy atom. The molecule has 1 N–H and O–H groups in total. The fourth-order valence-corrected chi connectivity index (χ4v) is 3.60. The molecule has 0 aliphatic carbocycles. The van der Waals surface area contributed by atoms with E-state index in [9.17, 15) is 9.59 Å². The van der Waals surface area contributed by atoms with E-state index in [1.54, 1.807) is 0 Å². The molecule has 0 bridgehead atoms. The number of rotatable bonds is 7. The van der Waals surface area contributed by atoms with Gasteiger partial charge in [0.05, 0.1) is 0 Å². The Hall–Kier alpha value is -1.59. The summed E-state index contributed by atoms with van der Waals surface area (Å²) in [6.45, 7) is 4.20. The molecular weight excluding hydrogens is 340 g/mol. The van der Waals surface area contributed by atoms with Crippen LogP contribution in [0.5, 0.6) is 0 Å². The highest BCUT2D eigenvalue weighted by molar-refractivity contribution is 6.30. The van der Waals surface area contributed by atoms with E-state index in [0.717, 1.165) is 56.8 Å². The maximum absolute atomic E-state index is 11.8. The Labute approximate surface area is 154 Å². The average molecular weight is 367 g/mol. The molecule has 5 nitrogen and oxygen atoms in total. The first-order chi connectivity index (χ1) is 12.0. The lowest BCUT2D eigenvalue weighted by Crippen LogP contribution is -2.42. The highest BCUT2D eigenvalue weighted by Gasteiger charge is 2.25. The summed E-state index contributed by atoms with van der Waals surface area (Å²) in [6, 6.07) is 8.02. The SMILES string of the molecule is CC(=O)N(CC(=O)O)C1CCCN(CCCc2ccc(Cl)cc2)CC1. The van der Waals surface area contributed by atoms with Gasteiger partial charge in [-0.15, -0.1) is 0 Å². The van der Waals surface area contributed by atoms with Crippen molar-refractivity contribution in [1.29, 1.82) is 0 Å². The molecule has 138 valence electrons. The molecule has 0 spiro atoms. The maximum Gasteiger partial charge on any atom is 0.323 e. The van der Waals surface area contributed by atoms with Gasteiger partial charge < -0.3 is 14.9 Å². The number of benzene rings is 1. The summed E-state index contributed by atoms with van der Waals surface area (Å²) >= 11 is 5.91. The Morgan fingerprint density at radius 3 is 2.60 bits per heavy atom. The lowest BCUT2D eigenvalue weighted by Gasteiger charge is -2.29. The molecule has 1 aliphatic rings. The number of likely N-dealkylation sites (tertiary alicyclic amines) is 1. The van der Waals surface area contributed by atoms with Crippen LogP contribution in [0.1, 0.15) is 38.2 Å². The van der Waals surface area contributed by atoms with E-state index in [-0.39, 0.29) is 18.5 Å². The molecule has 1 aliphatic heterocycles. The maximum atomic E-state index is 11.8. The topological polar surface area (TPSA) is 60.9 Å². The molecular formula is C19H27ClN2O3. The van der Waals surface area contributed by atoms with Crippen LogP contribution in [0.4, 0.5) is 0 Å². The van der Waals surface area contributed by atoms with Gasteiger partial charge in [-0.2, -0.15) is 0 Å². The summed E-state index contributed by atoms with van der Waals surface area (Å²) in [5, 5.41) is 9.78. The van der Waals surface area contributed by atoms with Crippen LogP contribution in [0.25, 0.3) is 0 Å². The Morgan fingerprint density at radius 1 is 1.24 bits per heavy atom. The van der Waals surface area contributed by atoms with E-state index >= 15 is 0 Å². The summed E-state index contributed by atoms with van der Waals surface area (Å²) in [6.07, 6.45) is 4.82. The molecule has 1 aromatic rings. The zero-order chi connectivity index (χ0) is 18.2. The second-order valence-electron chi connectivity index (χ2n) is 6.70. The molecule has 25 heavy (non-hydrogen) atoms. The van der Waals surface area contributed by atoms with Crippen LogP contribution >= 0.6 is 11.6 Å². The van der Waals surface area contributed by atoms with Gasteiger partial charge in [0, 0.05) is 24.5 Å². The van der Waals surface area contributed by atoms with E-state index in [1.165, 1.54) is 17.4 Å². The van der Waals surface area contributed by atoms with E-state index in [1.807, 2.05) is 12.1 Å². The third kappa shape index (κ3) is 6.67. The van der Waals surface area contributed by atoms with E-state index < -0.39 is 5.97 Å². The van der Waals surface area contributed by atoms with Crippen molar-refractivity contribution in [2.24, 2.45) is 0 Å². The summed E-state index contributed by atoms with van der Waals surface area (Å²) in [4.78, 5) is 26.7. The van der Waals surface area contributed by atoms with Crippen molar-refractivity contribution in [3.8, 4) is 0 Å². The summed E-state index contributed by atoms with van der Waals surface area (Å²) in [5.74, 6) is -1.09. The van der Waals surface area contributed by atoms with Gasteiger partial charge in [-0.05, 0) is 62.9 Å². The number of carbonyl (C=O) groups excluding carboxylic acids is 1. The second-order valence-corrected chi connectivity index (χ2v) is 7.13. The Bertz CT molecular complexity index is 577. The zero-order valence-electron chi connectivity index (χ0n) is 14.8. The van der Waals surface area contributed by atoms with E-state index in [2.05, 4.69) is 17.0 Å². The Balaban J connectivity index is 1.79. The molecule has 1 unspecified atom stereocenters. The number of hydrogen-bond acceptors (Lipinski definition) is 3. The van der Waals surface area contributed by atoms with Gasteiger partial charge in [0.25, 0.3) is 0 Å². The largest absolute Gasteiger partial charge is 0.480 e. The number of nitrogens with zero attached hydrogens (tertiary/aromatic N) is 2. The van der Waals surface area contributed by atoms with Crippen LogP contribution in [0.3, 0.4) is 0 Å². The smallest absolute Gasteiger partial charge is 0.323 e. The highest BCUT2D eigenvalue weighted by atomic mass is 35.5. The molecule has 1 heterocycles. The van der Waals surface area contributed by atoms with Crippen LogP contribution in [-0.4, -0.2) is 59.0 Å². The van der Waals surface area contributed by atoms with Gasteiger partial charge in [-0.3, -0.25) is 9.59 Å². The fraction of sp³-hybridized carbons (Fsp3) is 0.579. The number of hydrogen-bond donors (Lipinski definition) is 1. The molecule has 0 aromatic heterocycles. The molecule has 1 saturated heterocycles. The second kappa shape index (κ2) is 9.78. The van der Waals surface area contributed by atoms with Gasteiger partial charge in [0.1, 0.15) is 6.54 Å². The molecule has 6 heteroatoms. The average Bonchev–Trinajstić information content (AvgIpc) is 2.80. The molecule has 0 saturated carbocycles. The van der Waals surface area contributed by atoms with Gasteiger partial charge in [0.2, 0.25) is 5.91 Å². The van der Waals surface area contributed by atoms with Crippen LogP contribution in [0.2, 0.25) is 5.02 Å². The van der Waals surface area contributed by atoms with Gasteiger partial charge in [0.15, 0.2) is 0 Å². The number of carboxylic acid groups (broad SMARTS) is 1. The minimum atomic E-state index is -0.945. The van der Waals surface area contributed by atoms with Crippen molar-refractivity contribution in [2.75, 3.05) is 26.2 Å². The molecule has 1 aromatic carbocycles. The summed E-state index contributed by atoms with van der Waals surface area (Å²) < 4.78 is 0. The normalized spacial score (nSPS) is 18.6. The first-order valence-corrected chi connectivity index (χ1v) is 9.29. The van der Waals surface area contributed by atoms with Crippen molar-refractivity contribution in [3.05, 3.63) is 34.9 Å². The van der Waals surface area contributed by atoms with Crippen molar-refractivity contribution < 1.29 is 14.7 Å². The standard InChI is InChI=1S/C19H27ClN2O3/c1-15(23)22(14-19(24)25)18-5-3-12-21(13-10-18)11-2-4-16-6-8-17(20)9-7-16/h6-9,18H,2-5,10-14H2,1H3,(H,24,25). The fourth-order valence-electron chi connectivity index (χ4n) is 3.47. The summed E-state index contributed by atoms with van der Waals surface area (Å²) in [5.41, 5.74) is 1.29. The lowest BCUT2D eigenvalue weighted by atomic mass is 10.1. The first-order valence-electron chi connectivity index (χ1n) is 8.91. The molecule has 2 rings (SSSR count). The monoisotopic (exact) mass is 366 g/mol. The minimum absolute atomic E-state index is 0.0369. The zero-order valence-corrected chi connectivity index (χ0v) is 15.5. The van der Waals surface area contributed by atoms with Crippen LogP contribution in [0.15, 0.2) is 24.3 Å².